The molecule has 0 fully saturated rings. The summed E-state index contributed by atoms with van der Waals surface area (Å²) in [5.74, 6) is -0.814. The Morgan fingerprint density at radius 1 is 0.812 bits per heavy atom. The van der Waals surface area contributed by atoms with Gasteiger partial charge in [-0.1, -0.05) is 25.8 Å². The molecule has 0 amide bonds. The molecule has 2 rings (SSSR count). The number of sulfone groups is 1. The third kappa shape index (κ3) is 24.7. The van der Waals surface area contributed by atoms with E-state index < -0.39 is 80.2 Å². The molecule has 0 saturated heterocycles. The standard InChI is InChI=1S/C9H10N2O8S.C6H8N2O3S.C3H7N2O9P.Ba/c12-10(13)18-6-8(19-11(14)15)7-20(16,17)9-4-2-1-3-5-9;1-5-6(12-4-7-5)2-3-11-8(9)10;6-4(7)13-1-3(14-5(8)9)2-15(10,11)12;/h1-5,8H,6-7H2;4H,2-3H2,1H3;3H,1-2H2,(H2,10,11,12);/q;;;+2/p-2. The molecule has 0 bridgehead atoms. The van der Waals surface area contributed by atoms with Gasteiger partial charge in [0.1, 0.15) is 32.0 Å². The number of benzene rings is 1. The van der Waals surface area contributed by atoms with Gasteiger partial charge in [0.15, 0.2) is 9.84 Å². The van der Waals surface area contributed by atoms with Crippen molar-refractivity contribution in [3.05, 3.63) is 97.0 Å². The first-order chi connectivity index (χ1) is 21.7. The smallest absolute Gasteiger partial charge is 0.811 e. The van der Waals surface area contributed by atoms with E-state index in [0.29, 0.717) is 6.42 Å². The van der Waals surface area contributed by atoms with Crippen LogP contribution in [-0.4, -0.2) is 132 Å². The van der Waals surface area contributed by atoms with Crippen molar-refractivity contribution < 1.29 is 72.4 Å². The fraction of sp³-hybridized carbons (Fsp3) is 0.500. The largest absolute Gasteiger partial charge is 2.00 e. The van der Waals surface area contributed by atoms with E-state index in [2.05, 4.69) is 29.2 Å². The molecule has 0 aliphatic heterocycles. The van der Waals surface area contributed by atoms with Gasteiger partial charge in [-0.05, 0) is 19.1 Å². The van der Waals surface area contributed by atoms with E-state index in [0.717, 1.165) is 10.6 Å². The predicted octanol–water partition coefficient (Wildman–Crippen LogP) is -1.25. The molecular weight excluding hydrogens is 853 g/mol. The minimum Gasteiger partial charge on any atom is -0.811 e. The molecular formula is C18H23BaN6O20PS2. The second-order valence-electron chi connectivity index (χ2n) is 8.00. The molecule has 48 heavy (non-hydrogen) atoms. The van der Waals surface area contributed by atoms with Crippen molar-refractivity contribution in [1.82, 2.24) is 4.98 Å². The van der Waals surface area contributed by atoms with Gasteiger partial charge in [-0.3, -0.25) is 0 Å². The number of hydrogen-bond donors (Lipinski definition) is 0. The molecule has 1 heterocycles. The molecule has 2 aromatic rings. The Morgan fingerprint density at radius 3 is 1.71 bits per heavy atom. The number of thiazole rings is 1. The van der Waals surface area contributed by atoms with Gasteiger partial charge in [0.25, 0.3) is 25.4 Å². The summed E-state index contributed by atoms with van der Waals surface area (Å²) in [6.45, 7) is 0.108. The van der Waals surface area contributed by atoms with Crippen LogP contribution in [0.25, 0.3) is 0 Å². The van der Waals surface area contributed by atoms with Crippen LogP contribution in [0.1, 0.15) is 10.6 Å². The van der Waals surface area contributed by atoms with Crippen molar-refractivity contribution >= 4 is 77.7 Å². The molecule has 2 unspecified atom stereocenters. The second kappa shape index (κ2) is 23.8. The maximum atomic E-state index is 11.9. The van der Waals surface area contributed by atoms with Crippen LogP contribution in [0.4, 0.5) is 0 Å². The maximum Gasteiger partial charge on any atom is 2.00 e. The van der Waals surface area contributed by atoms with Crippen LogP contribution in [0.2, 0.25) is 0 Å². The summed E-state index contributed by atoms with van der Waals surface area (Å²) < 4.78 is 34.1. The number of rotatable bonds is 19. The van der Waals surface area contributed by atoms with E-state index in [1.54, 1.807) is 11.6 Å². The van der Waals surface area contributed by atoms with Crippen LogP contribution in [-0.2, 0) is 45.0 Å². The first kappa shape index (κ1) is 46.6. The van der Waals surface area contributed by atoms with Gasteiger partial charge < -0.3 is 38.5 Å². The molecule has 264 valence electrons. The molecule has 1 aromatic heterocycles. The van der Waals surface area contributed by atoms with Crippen LogP contribution in [0.5, 0.6) is 0 Å². The monoisotopic (exact) mass is 876 g/mol. The van der Waals surface area contributed by atoms with Gasteiger partial charge in [0.2, 0.25) is 0 Å². The predicted molar refractivity (Wildman–Crippen MR) is 150 cm³/mol. The zero-order valence-corrected chi connectivity index (χ0v) is 31.1. The summed E-state index contributed by atoms with van der Waals surface area (Å²) in [6, 6.07) is 7.15. The third-order valence-corrected chi connectivity index (χ3v) is 8.16. The van der Waals surface area contributed by atoms with Gasteiger partial charge >= 0.3 is 48.9 Å². The number of nitrogens with zero attached hydrogens (tertiary/aromatic N) is 6. The van der Waals surface area contributed by atoms with Crippen molar-refractivity contribution in [2.24, 2.45) is 0 Å². The van der Waals surface area contributed by atoms with Gasteiger partial charge in [0, 0.05) is 17.5 Å². The fourth-order valence-corrected chi connectivity index (χ4v) is 5.60. The minimum atomic E-state index is -5.07. The van der Waals surface area contributed by atoms with Crippen LogP contribution >= 0.6 is 18.9 Å². The molecule has 26 nitrogen and oxygen atoms in total. The first-order valence-corrected chi connectivity index (χ1v) is 16.1. The molecule has 2 atom stereocenters. The molecule has 0 spiro atoms. The first-order valence-electron chi connectivity index (χ1n) is 11.8. The maximum absolute atomic E-state index is 11.9. The van der Waals surface area contributed by atoms with Crippen molar-refractivity contribution in [2.45, 2.75) is 30.4 Å². The Kier molecular flexibility index (Phi) is 23.1. The third-order valence-electron chi connectivity index (χ3n) is 4.51. The summed E-state index contributed by atoms with van der Waals surface area (Å²) in [5, 5.41) is 43.7. The van der Waals surface area contributed by atoms with Gasteiger partial charge in [0.05, 0.1) is 21.9 Å². The zero-order valence-electron chi connectivity index (χ0n) is 24.2. The Morgan fingerprint density at radius 2 is 1.29 bits per heavy atom. The topological polar surface area (TPSA) is 372 Å². The van der Waals surface area contributed by atoms with Crippen LogP contribution < -0.4 is 9.79 Å². The van der Waals surface area contributed by atoms with E-state index in [1.165, 1.54) is 35.6 Å². The van der Waals surface area contributed by atoms with Gasteiger partial charge in [-0.25, -0.2) is 13.4 Å². The van der Waals surface area contributed by atoms with Crippen LogP contribution in [0.3, 0.4) is 0 Å². The molecule has 0 radical (unpaired) electrons. The minimum absolute atomic E-state index is 0. The molecule has 0 aliphatic rings. The van der Waals surface area contributed by atoms with Crippen molar-refractivity contribution in [1.29, 1.82) is 0 Å². The average Bonchev–Trinajstić information content (AvgIpc) is 3.34. The number of hydrogen-bond acceptors (Lipinski definition) is 22. The normalized spacial score (nSPS) is 11.6. The molecule has 0 aliphatic carbocycles. The van der Waals surface area contributed by atoms with E-state index in [1.807, 2.05) is 6.92 Å². The van der Waals surface area contributed by atoms with E-state index in [9.17, 15) is 73.3 Å². The van der Waals surface area contributed by atoms with Crippen molar-refractivity contribution in [3.63, 3.8) is 0 Å². The van der Waals surface area contributed by atoms with Crippen LogP contribution in [0.15, 0.2) is 40.7 Å². The van der Waals surface area contributed by atoms with Crippen molar-refractivity contribution in [3.8, 4) is 0 Å². The van der Waals surface area contributed by atoms with Gasteiger partial charge in [-0.15, -0.1) is 61.9 Å². The zero-order chi connectivity index (χ0) is 36.2. The summed E-state index contributed by atoms with van der Waals surface area (Å²) in [7, 11) is -8.96. The molecule has 30 heteroatoms. The summed E-state index contributed by atoms with van der Waals surface area (Å²) in [5.41, 5.74) is 2.64. The molecule has 0 saturated carbocycles. The second-order valence-corrected chi connectivity index (χ2v) is 12.6. The number of aryl methyl sites for hydroxylation is 1. The van der Waals surface area contributed by atoms with E-state index in [4.69, 9.17) is 0 Å². The Balaban J connectivity index is 0. The molecule has 1 aromatic carbocycles. The Bertz CT molecular complexity index is 1480. The summed E-state index contributed by atoms with van der Waals surface area (Å²) >= 11 is 1.49. The fourth-order valence-electron chi connectivity index (χ4n) is 2.75. The summed E-state index contributed by atoms with van der Waals surface area (Å²) in [6.07, 6.45) is -4.12. The molecule has 0 N–H and O–H groups in total. The number of aromatic nitrogens is 1. The Labute approximate surface area is 312 Å². The average molecular weight is 876 g/mol. The van der Waals surface area contributed by atoms with E-state index in [-0.39, 0.29) is 60.4 Å². The Hall–Kier alpha value is -3.48. The van der Waals surface area contributed by atoms with Crippen LogP contribution in [0, 0.1) is 57.5 Å². The van der Waals surface area contributed by atoms with E-state index >= 15 is 0 Å². The quantitative estimate of drug-likeness (QED) is 0.0688. The van der Waals surface area contributed by atoms with Crippen molar-refractivity contribution in [2.75, 3.05) is 31.7 Å². The van der Waals surface area contributed by atoms with Gasteiger partial charge in [-0.2, -0.15) is 0 Å². The summed E-state index contributed by atoms with van der Waals surface area (Å²) in [4.78, 5) is 94.4. The SMILES string of the molecule is Cc1ncsc1CCO[N+](=O)[O-].O=[N+]([O-])OCC(CP(=O)([O-])[O-])O[N+](=O)[O-].O=[N+]([O-])OCC(CS(=O)(=O)c1ccccc1)O[N+](=O)[O-].[Ba+2].